The van der Waals surface area contributed by atoms with Crippen LogP contribution in [0, 0.1) is 6.92 Å². The van der Waals surface area contributed by atoms with Gasteiger partial charge < -0.3 is 19.8 Å². The van der Waals surface area contributed by atoms with E-state index in [1.165, 1.54) is 0 Å². The largest absolute Gasteiger partial charge is 0.469 e. The van der Waals surface area contributed by atoms with E-state index in [0.717, 1.165) is 5.56 Å². The SMILES string of the molecule is Cc1occc1-c1noc([C@@H](O)CCN)n1. The highest BCUT2D eigenvalue weighted by Gasteiger charge is 2.17. The van der Waals surface area contributed by atoms with E-state index in [9.17, 15) is 5.11 Å². The molecule has 6 nitrogen and oxygen atoms in total. The maximum absolute atomic E-state index is 9.60. The predicted octanol–water partition coefficient (Wildman–Crippen LogP) is 1.02. The number of hydrogen-bond acceptors (Lipinski definition) is 6. The van der Waals surface area contributed by atoms with Crippen LogP contribution in [0.15, 0.2) is 21.3 Å². The fourth-order valence-corrected chi connectivity index (χ4v) is 1.38. The summed E-state index contributed by atoms with van der Waals surface area (Å²) in [5, 5.41) is 13.4. The molecule has 0 saturated heterocycles. The molecule has 0 fully saturated rings. The predicted molar refractivity (Wildman–Crippen MR) is 55.4 cm³/mol. The van der Waals surface area contributed by atoms with Crippen molar-refractivity contribution in [2.45, 2.75) is 19.4 Å². The Hall–Kier alpha value is -1.66. The lowest BCUT2D eigenvalue weighted by molar-refractivity contribution is 0.127. The Balaban J connectivity index is 2.23. The molecule has 0 saturated carbocycles. The summed E-state index contributed by atoms with van der Waals surface area (Å²) in [6, 6.07) is 1.75. The normalized spacial score (nSPS) is 12.9. The topological polar surface area (TPSA) is 98.3 Å². The fraction of sp³-hybridized carbons (Fsp3) is 0.400. The molecular formula is C10H13N3O3. The van der Waals surface area contributed by atoms with Gasteiger partial charge in [0.05, 0.1) is 11.8 Å². The second kappa shape index (κ2) is 4.46. The molecule has 0 unspecified atom stereocenters. The van der Waals surface area contributed by atoms with Crippen molar-refractivity contribution in [1.29, 1.82) is 0 Å². The van der Waals surface area contributed by atoms with E-state index in [1.807, 2.05) is 6.92 Å². The number of aliphatic hydroxyl groups is 1. The van der Waals surface area contributed by atoms with Crippen LogP contribution in [0.5, 0.6) is 0 Å². The molecule has 0 aliphatic carbocycles. The highest BCUT2D eigenvalue weighted by molar-refractivity contribution is 5.56. The highest BCUT2D eigenvalue weighted by Crippen LogP contribution is 2.23. The first-order valence-corrected chi connectivity index (χ1v) is 4.98. The van der Waals surface area contributed by atoms with Crippen LogP contribution in [-0.4, -0.2) is 21.8 Å². The molecule has 3 N–H and O–H groups in total. The Labute approximate surface area is 92.1 Å². The molecule has 0 aliphatic rings. The number of hydrogen-bond donors (Lipinski definition) is 2. The molecule has 2 heterocycles. The van der Waals surface area contributed by atoms with Crippen LogP contribution in [-0.2, 0) is 0 Å². The zero-order valence-corrected chi connectivity index (χ0v) is 8.88. The first-order valence-electron chi connectivity index (χ1n) is 4.98. The van der Waals surface area contributed by atoms with Gasteiger partial charge in [0.15, 0.2) is 0 Å². The first-order chi connectivity index (χ1) is 7.72. The van der Waals surface area contributed by atoms with Crippen LogP contribution in [0.3, 0.4) is 0 Å². The van der Waals surface area contributed by atoms with Gasteiger partial charge in [-0.25, -0.2) is 0 Å². The molecule has 0 amide bonds. The number of rotatable bonds is 4. The van der Waals surface area contributed by atoms with Gasteiger partial charge in [-0.05, 0) is 26.0 Å². The minimum absolute atomic E-state index is 0.182. The number of aryl methyl sites for hydroxylation is 1. The molecule has 0 radical (unpaired) electrons. The van der Waals surface area contributed by atoms with Crippen LogP contribution < -0.4 is 5.73 Å². The standard InChI is InChI=1S/C10H13N3O3/c1-6-7(3-5-15-6)9-12-10(16-13-9)8(14)2-4-11/h3,5,8,14H,2,4,11H2,1H3/t8-/m0/s1. The Morgan fingerprint density at radius 3 is 3.00 bits per heavy atom. The average Bonchev–Trinajstić information content (AvgIpc) is 2.86. The van der Waals surface area contributed by atoms with E-state index in [0.29, 0.717) is 24.6 Å². The van der Waals surface area contributed by atoms with E-state index in [2.05, 4.69) is 10.1 Å². The molecule has 1 atom stereocenters. The first kappa shape index (κ1) is 10.8. The number of aliphatic hydroxyl groups excluding tert-OH is 1. The zero-order valence-electron chi connectivity index (χ0n) is 8.88. The molecule has 2 rings (SSSR count). The van der Waals surface area contributed by atoms with Crippen LogP contribution >= 0.6 is 0 Å². The van der Waals surface area contributed by atoms with Gasteiger partial charge in [-0.15, -0.1) is 0 Å². The summed E-state index contributed by atoms with van der Waals surface area (Å²) in [5.74, 6) is 1.30. The second-order valence-corrected chi connectivity index (χ2v) is 3.44. The van der Waals surface area contributed by atoms with Crippen LogP contribution in [0.4, 0.5) is 0 Å². The van der Waals surface area contributed by atoms with Crippen LogP contribution in [0.1, 0.15) is 24.2 Å². The Morgan fingerprint density at radius 1 is 1.56 bits per heavy atom. The lowest BCUT2D eigenvalue weighted by atomic mass is 10.2. The molecular weight excluding hydrogens is 210 g/mol. The van der Waals surface area contributed by atoms with Gasteiger partial charge in [0.2, 0.25) is 5.82 Å². The number of nitrogens with zero attached hydrogens (tertiary/aromatic N) is 2. The summed E-state index contributed by atoms with van der Waals surface area (Å²) in [4.78, 5) is 4.09. The molecule has 0 aliphatic heterocycles. The zero-order chi connectivity index (χ0) is 11.5. The van der Waals surface area contributed by atoms with Crippen molar-refractivity contribution >= 4 is 0 Å². The number of nitrogens with two attached hydrogens (primary N) is 1. The Morgan fingerprint density at radius 2 is 2.38 bits per heavy atom. The lowest BCUT2D eigenvalue weighted by Crippen LogP contribution is -2.06. The summed E-state index contributed by atoms with van der Waals surface area (Å²) >= 11 is 0. The van der Waals surface area contributed by atoms with Crippen molar-refractivity contribution < 1.29 is 14.0 Å². The third-order valence-corrected chi connectivity index (χ3v) is 2.27. The third-order valence-electron chi connectivity index (χ3n) is 2.27. The van der Waals surface area contributed by atoms with Gasteiger partial charge in [0, 0.05) is 0 Å². The minimum atomic E-state index is -0.807. The summed E-state index contributed by atoms with van der Waals surface area (Å²) in [6.45, 7) is 2.17. The van der Waals surface area contributed by atoms with Gasteiger partial charge in [-0.1, -0.05) is 5.16 Å². The van der Waals surface area contributed by atoms with Crippen molar-refractivity contribution in [3.63, 3.8) is 0 Å². The molecule has 0 bridgehead atoms. The van der Waals surface area contributed by atoms with Gasteiger partial charge in [-0.3, -0.25) is 0 Å². The monoisotopic (exact) mass is 223 g/mol. The molecule has 0 aromatic carbocycles. The Bertz CT molecular complexity index is 463. The van der Waals surface area contributed by atoms with E-state index in [4.69, 9.17) is 14.7 Å². The lowest BCUT2D eigenvalue weighted by Gasteiger charge is -2.00. The van der Waals surface area contributed by atoms with E-state index < -0.39 is 6.10 Å². The molecule has 6 heteroatoms. The molecule has 2 aromatic rings. The summed E-state index contributed by atoms with van der Waals surface area (Å²) < 4.78 is 10.1. The van der Waals surface area contributed by atoms with Gasteiger partial charge in [0.1, 0.15) is 11.9 Å². The van der Waals surface area contributed by atoms with Crippen molar-refractivity contribution in [1.82, 2.24) is 10.1 Å². The Kier molecular flexibility index (Phi) is 3.02. The third kappa shape index (κ3) is 1.98. The quantitative estimate of drug-likeness (QED) is 0.802. The second-order valence-electron chi connectivity index (χ2n) is 3.44. The van der Waals surface area contributed by atoms with Crippen LogP contribution in [0.2, 0.25) is 0 Å². The minimum Gasteiger partial charge on any atom is -0.469 e. The van der Waals surface area contributed by atoms with E-state index >= 15 is 0 Å². The summed E-state index contributed by atoms with van der Waals surface area (Å²) in [7, 11) is 0. The maximum atomic E-state index is 9.60. The maximum Gasteiger partial charge on any atom is 0.255 e. The molecule has 16 heavy (non-hydrogen) atoms. The smallest absolute Gasteiger partial charge is 0.255 e. The summed E-state index contributed by atoms with van der Waals surface area (Å²) in [5.41, 5.74) is 6.09. The average molecular weight is 223 g/mol. The summed E-state index contributed by atoms with van der Waals surface area (Å²) in [6.07, 6.45) is 1.14. The van der Waals surface area contributed by atoms with Gasteiger partial charge in [-0.2, -0.15) is 4.98 Å². The number of aromatic nitrogens is 2. The van der Waals surface area contributed by atoms with Crippen molar-refractivity contribution in [2.75, 3.05) is 6.54 Å². The van der Waals surface area contributed by atoms with Crippen LogP contribution in [0.25, 0.3) is 11.4 Å². The molecule has 0 spiro atoms. The van der Waals surface area contributed by atoms with Crippen molar-refractivity contribution in [3.05, 3.63) is 24.0 Å². The van der Waals surface area contributed by atoms with E-state index in [-0.39, 0.29) is 5.89 Å². The van der Waals surface area contributed by atoms with Gasteiger partial charge >= 0.3 is 0 Å². The van der Waals surface area contributed by atoms with Crippen molar-refractivity contribution in [3.8, 4) is 11.4 Å². The van der Waals surface area contributed by atoms with E-state index in [1.54, 1.807) is 12.3 Å². The molecule has 86 valence electrons. The molecule has 2 aromatic heterocycles. The fourth-order valence-electron chi connectivity index (χ4n) is 1.38. The van der Waals surface area contributed by atoms with Gasteiger partial charge in [0.25, 0.3) is 5.89 Å². The number of furan rings is 1. The highest BCUT2D eigenvalue weighted by atomic mass is 16.5. The van der Waals surface area contributed by atoms with Crippen molar-refractivity contribution in [2.24, 2.45) is 5.73 Å².